The molecule has 0 saturated heterocycles. The summed E-state index contributed by atoms with van der Waals surface area (Å²) in [6.07, 6.45) is 5.15. The van der Waals surface area contributed by atoms with Crippen molar-refractivity contribution in [2.75, 3.05) is 11.1 Å². The molecule has 0 saturated carbocycles. The van der Waals surface area contributed by atoms with E-state index in [1.807, 2.05) is 36.5 Å². The Morgan fingerprint density at radius 2 is 1.81 bits per heavy atom. The van der Waals surface area contributed by atoms with Crippen LogP contribution >= 0.6 is 0 Å². The molecule has 0 aliphatic carbocycles. The maximum Gasteiger partial charge on any atom is 0.222 e. The van der Waals surface area contributed by atoms with E-state index in [9.17, 15) is 4.39 Å². The van der Waals surface area contributed by atoms with Gasteiger partial charge in [0.15, 0.2) is 11.6 Å². The van der Waals surface area contributed by atoms with Gasteiger partial charge < -0.3 is 20.8 Å². The Bertz CT molecular complexity index is 1370. The average molecular weight is 412 g/mol. The molecule has 0 spiro atoms. The number of nitrogens with zero attached hydrogens (tertiary/aromatic N) is 3. The number of nitrogens with one attached hydrogen (secondary N) is 2. The highest BCUT2D eigenvalue weighted by molar-refractivity contribution is 5.86. The number of anilines is 3. The van der Waals surface area contributed by atoms with Crippen LogP contribution in [0.3, 0.4) is 0 Å². The Hall–Kier alpha value is -4.46. The molecule has 0 aliphatic heterocycles. The number of aromatic nitrogens is 4. The highest BCUT2D eigenvalue weighted by Crippen LogP contribution is 2.32. The molecule has 0 amide bonds. The third kappa shape index (κ3) is 3.86. The second kappa shape index (κ2) is 7.75. The van der Waals surface area contributed by atoms with Crippen molar-refractivity contribution in [2.45, 2.75) is 0 Å². The van der Waals surface area contributed by atoms with Crippen LogP contribution in [0.4, 0.5) is 21.8 Å². The van der Waals surface area contributed by atoms with E-state index in [0.29, 0.717) is 22.9 Å². The summed E-state index contributed by atoms with van der Waals surface area (Å²) in [5, 5.41) is 3.94. The zero-order chi connectivity index (χ0) is 21.2. The zero-order valence-electron chi connectivity index (χ0n) is 16.2. The van der Waals surface area contributed by atoms with Gasteiger partial charge in [0, 0.05) is 52.9 Å². The first-order valence-corrected chi connectivity index (χ1v) is 9.51. The Balaban J connectivity index is 1.39. The number of rotatable bonds is 5. The van der Waals surface area contributed by atoms with Crippen LogP contribution in [0.2, 0.25) is 0 Å². The highest BCUT2D eigenvalue weighted by Gasteiger charge is 2.11. The van der Waals surface area contributed by atoms with Crippen LogP contribution in [0.1, 0.15) is 0 Å². The Morgan fingerprint density at radius 1 is 0.935 bits per heavy atom. The topological polar surface area (TPSA) is 102 Å². The van der Waals surface area contributed by atoms with Crippen LogP contribution in [-0.2, 0) is 0 Å². The lowest BCUT2D eigenvalue weighted by molar-refractivity contribution is 0.447. The van der Waals surface area contributed by atoms with Gasteiger partial charge in [-0.15, -0.1) is 0 Å². The van der Waals surface area contributed by atoms with Crippen molar-refractivity contribution in [3.8, 4) is 22.8 Å². The molecule has 7 nitrogen and oxygen atoms in total. The number of H-pyrrole nitrogens is 1. The molecule has 0 aliphatic rings. The molecule has 3 heterocycles. The number of fused-ring (bicyclic) bond motifs is 1. The van der Waals surface area contributed by atoms with E-state index in [1.54, 1.807) is 36.7 Å². The Labute approximate surface area is 176 Å². The van der Waals surface area contributed by atoms with E-state index in [4.69, 9.17) is 10.5 Å². The van der Waals surface area contributed by atoms with Crippen molar-refractivity contribution in [1.29, 1.82) is 0 Å². The monoisotopic (exact) mass is 412 g/mol. The molecule has 0 unspecified atom stereocenters. The van der Waals surface area contributed by atoms with Crippen LogP contribution in [0, 0.1) is 5.82 Å². The van der Waals surface area contributed by atoms with Gasteiger partial charge in [-0.25, -0.2) is 9.37 Å². The number of ether oxygens (including phenoxy) is 1. The standard InChI is InChI=1S/C23H17FN6O/c24-17-12-15(4-5-21(17)31-20-3-1-2-18-16(20)8-11-27-18)28-22-13-19(29-23(25)30-22)14-6-9-26-10-7-14/h1-13,27H,(H3,25,28,29,30). The number of pyridine rings is 1. The summed E-state index contributed by atoms with van der Waals surface area (Å²) in [7, 11) is 0. The predicted octanol–water partition coefficient (Wildman–Crippen LogP) is 5.28. The number of benzene rings is 2. The Kier molecular flexibility index (Phi) is 4.64. The van der Waals surface area contributed by atoms with Gasteiger partial charge in [-0.05, 0) is 42.5 Å². The molecule has 3 aromatic heterocycles. The number of nitrogens with two attached hydrogens (primary N) is 1. The van der Waals surface area contributed by atoms with Crippen LogP contribution in [-0.4, -0.2) is 19.9 Å². The fourth-order valence-corrected chi connectivity index (χ4v) is 3.27. The lowest BCUT2D eigenvalue weighted by Crippen LogP contribution is -2.02. The summed E-state index contributed by atoms with van der Waals surface area (Å²) < 4.78 is 20.6. The second-order valence-electron chi connectivity index (χ2n) is 6.80. The van der Waals surface area contributed by atoms with Gasteiger partial charge in [-0.3, -0.25) is 4.98 Å². The van der Waals surface area contributed by atoms with Gasteiger partial charge in [-0.1, -0.05) is 6.07 Å². The molecule has 0 atom stereocenters. The quantitative estimate of drug-likeness (QED) is 0.363. The van der Waals surface area contributed by atoms with Gasteiger partial charge in [0.05, 0.1) is 5.69 Å². The minimum atomic E-state index is -0.506. The number of hydrogen-bond donors (Lipinski definition) is 3. The molecule has 4 N–H and O–H groups in total. The molecule has 152 valence electrons. The number of halogens is 1. The number of aromatic amines is 1. The molecule has 0 bridgehead atoms. The first-order valence-electron chi connectivity index (χ1n) is 9.51. The summed E-state index contributed by atoms with van der Waals surface area (Å²) in [6, 6.07) is 17.5. The SMILES string of the molecule is Nc1nc(Nc2ccc(Oc3cccc4[nH]ccc34)c(F)c2)cc(-c2ccncc2)n1. The second-order valence-corrected chi connectivity index (χ2v) is 6.80. The molecule has 2 aromatic carbocycles. The van der Waals surface area contributed by atoms with Crippen LogP contribution < -0.4 is 15.8 Å². The molecule has 5 rings (SSSR count). The maximum absolute atomic E-state index is 14.8. The fourth-order valence-electron chi connectivity index (χ4n) is 3.27. The highest BCUT2D eigenvalue weighted by atomic mass is 19.1. The smallest absolute Gasteiger partial charge is 0.222 e. The molecule has 8 heteroatoms. The lowest BCUT2D eigenvalue weighted by atomic mass is 10.2. The summed E-state index contributed by atoms with van der Waals surface area (Å²) in [5.74, 6) is 0.748. The van der Waals surface area contributed by atoms with Gasteiger partial charge in [0.1, 0.15) is 11.6 Å². The lowest BCUT2D eigenvalue weighted by Gasteiger charge is -2.11. The third-order valence-corrected chi connectivity index (χ3v) is 4.70. The molecular weight excluding hydrogens is 395 g/mol. The third-order valence-electron chi connectivity index (χ3n) is 4.70. The first-order chi connectivity index (χ1) is 15.2. The summed E-state index contributed by atoms with van der Waals surface area (Å²) in [5.41, 5.74) is 8.76. The minimum absolute atomic E-state index is 0.108. The van der Waals surface area contributed by atoms with E-state index in [-0.39, 0.29) is 11.7 Å². The van der Waals surface area contributed by atoms with Gasteiger partial charge in [-0.2, -0.15) is 4.98 Å². The van der Waals surface area contributed by atoms with Gasteiger partial charge >= 0.3 is 0 Å². The van der Waals surface area contributed by atoms with E-state index < -0.39 is 5.82 Å². The summed E-state index contributed by atoms with van der Waals surface area (Å²) >= 11 is 0. The van der Waals surface area contributed by atoms with Crippen molar-refractivity contribution in [2.24, 2.45) is 0 Å². The van der Waals surface area contributed by atoms with Crippen molar-refractivity contribution >= 4 is 28.4 Å². The van der Waals surface area contributed by atoms with Crippen molar-refractivity contribution in [1.82, 2.24) is 19.9 Å². The molecule has 5 aromatic rings. The van der Waals surface area contributed by atoms with Crippen LogP contribution in [0.5, 0.6) is 11.5 Å². The van der Waals surface area contributed by atoms with E-state index in [0.717, 1.165) is 16.5 Å². The van der Waals surface area contributed by atoms with E-state index in [2.05, 4.69) is 25.3 Å². The van der Waals surface area contributed by atoms with Crippen molar-refractivity contribution < 1.29 is 9.13 Å². The average Bonchev–Trinajstić information content (AvgIpc) is 3.26. The minimum Gasteiger partial charge on any atom is -0.454 e. The molecular formula is C23H17FN6O. The largest absolute Gasteiger partial charge is 0.454 e. The zero-order valence-corrected chi connectivity index (χ0v) is 16.2. The maximum atomic E-state index is 14.8. The van der Waals surface area contributed by atoms with Crippen LogP contribution in [0.15, 0.2) is 79.3 Å². The normalized spacial score (nSPS) is 10.9. The fraction of sp³-hybridized carbons (Fsp3) is 0. The van der Waals surface area contributed by atoms with Crippen molar-refractivity contribution in [3.05, 3.63) is 85.1 Å². The first kappa shape index (κ1) is 18.6. The predicted molar refractivity (Wildman–Crippen MR) is 118 cm³/mol. The number of nitrogen functional groups attached to an aromatic ring is 1. The Morgan fingerprint density at radius 3 is 2.65 bits per heavy atom. The van der Waals surface area contributed by atoms with Crippen molar-refractivity contribution in [3.63, 3.8) is 0 Å². The number of hydrogen-bond acceptors (Lipinski definition) is 6. The summed E-state index contributed by atoms with van der Waals surface area (Å²) in [4.78, 5) is 15.5. The van der Waals surface area contributed by atoms with E-state index >= 15 is 0 Å². The van der Waals surface area contributed by atoms with Crippen LogP contribution in [0.25, 0.3) is 22.2 Å². The van der Waals surface area contributed by atoms with E-state index in [1.165, 1.54) is 6.07 Å². The molecule has 0 fully saturated rings. The molecule has 31 heavy (non-hydrogen) atoms. The van der Waals surface area contributed by atoms with Gasteiger partial charge in [0.2, 0.25) is 5.95 Å². The summed E-state index contributed by atoms with van der Waals surface area (Å²) in [6.45, 7) is 0. The van der Waals surface area contributed by atoms with Gasteiger partial charge in [0.25, 0.3) is 0 Å². The molecule has 0 radical (unpaired) electrons.